The van der Waals surface area contributed by atoms with Crippen LogP contribution in [0.1, 0.15) is 19.3 Å². The molecule has 4 heteroatoms. The smallest absolute Gasteiger partial charge is 0.308 e. The summed E-state index contributed by atoms with van der Waals surface area (Å²) >= 11 is 0. The van der Waals surface area contributed by atoms with Crippen molar-refractivity contribution in [2.24, 2.45) is 5.92 Å². The molecule has 0 saturated carbocycles. The lowest BCUT2D eigenvalue weighted by atomic mass is 9.98. The molecular weight excluding hydrogens is 182 g/mol. The minimum atomic E-state index is -0.805. The molecule has 1 saturated heterocycles. The van der Waals surface area contributed by atoms with E-state index >= 15 is 0 Å². The molecule has 1 unspecified atom stereocenters. The van der Waals surface area contributed by atoms with E-state index in [0.717, 1.165) is 6.42 Å². The van der Waals surface area contributed by atoms with Crippen LogP contribution in [0.4, 0.5) is 0 Å². The summed E-state index contributed by atoms with van der Waals surface area (Å²) in [6.07, 6.45) is 3.30. The van der Waals surface area contributed by atoms with Gasteiger partial charge < -0.3 is 10.0 Å². The summed E-state index contributed by atoms with van der Waals surface area (Å²) in [6.45, 7) is 4.51. The minimum Gasteiger partial charge on any atom is -0.481 e. The summed E-state index contributed by atoms with van der Waals surface area (Å²) < 4.78 is 0. The zero-order valence-corrected chi connectivity index (χ0v) is 8.11. The quantitative estimate of drug-likeness (QED) is 0.683. The number of hydrogen-bond donors (Lipinski definition) is 1. The van der Waals surface area contributed by atoms with E-state index < -0.39 is 11.9 Å². The molecule has 1 fully saturated rings. The van der Waals surface area contributed by atoms with Crippen LogP contribution in [0, 0.1) is 5.92 Å². The molecule has 1 amide bonds. The SMILES string of the molecule is C=CCC(=O)N1CCCC(C(=O)O)C1. The Balaban J connectivity index is 2.51. The second-order valence-corrected chi connectivity index (χ2v) is 3.51. The van der Waals surface area contributed by atoms with E-state index in [4.69, 9.17) is 5.11 Å². The third-order valence-electron chi connectivity index (χ3n) is 2.44. The predicted molar refractivity (Wildman–Crippen MR) is 51.8 cm³/mol. The van der Waals surface area contributed by atoms with Crippen LogP contribution >= 0.6 is 0 Å². The molecule has 0 aromatic heterocycles. The number of carboxylic acid groups (broad SMARTS) is 1. The van der Waals surface area contributed by atoms with Gasteiger partial charge in [-0.2, -0.15) is 0 Å². The molecule has 1 N–H and O–H groups in total. The highest BCUT2D eigenvalue weighted by molar-refractivity contribution is 5.79. The lowest BCUT2D eigenvalue weighted by molar-refractivity contribution is -0.145. The van der Waals surface area contributed by atoms with Crippen LogP contribution in [0.5, 0.6) is 0 Å². The van der Waals surface area contributed by atoms with Crippen molar-refractivity contribution in [3.05, 3.63) is 12.7 Å². The normalized spacial score (nSPS) is 21.7. The number of piperidine rings is 1. The molecule has 1 heterocycles. The molecule has 0 aromatic carbocycles. The Bertz CT molecular complexity index is 250. The Kier molecular flexibility index (Phi) is 3.68. The Morgan fingerprint density at radius 2 is 2.29 bits per heavy atom. The number of carboxylic acids is 1. The van der Waals surface area contributed by atoms with Crippen LogP contribution in [0.25, 0.3) is 0 Å². The summed E-state index contributed by atoms with van der Waals surface area (Å²) in [6, 6.07) is 0. The highest BCUT2D eigenvalue weighted by atomic mass is 16.4. The zero-order chi connectivity index (χ0) is 10.6. The van der Waals surface area contributed by atoms with Gasteiger partial charge in [0.2, 0.25) is 5.91 Å². The monoisotopic (exact) mass is 197 g/mol. The molecule has 0 aromatic rings. The molecule has 1 aliphatic rings. The van der Waals surface area contributed by atoms with Gasteiger partial charge in [-0.05, 0) is 12.8 Å². The third-order valence-corrected chi connectivity index (χ3v) is 2.44. The summed E-state index contributed by atoms with van der Waals surface area (Å²) in [4.78, 5) is 23.8. The van der Waals surface area contributed by atoms with Gasteiger partial charge in [0, 0.05) is 19.5 Å². The first-order valence-corrected chi connectivity index (χ1v) is 4.76. The third kappa shape index (κ3) is 2.58. The van der Waals surface area contributed by atoms with E-state index in [0.29, 0.717) is 25.9 Å². The van der Waals surface area contributed by atoms with Gasteiger partial charge >= 0.3 is 5.97 Å². The summed E-state index contributed by atoms with van der Waals surface area (Å²) in [7, 11) is 0. The first-order valence-electron chi connectivity index (χ1n) is 4.76. The highest BCUT2D eigenvalue weighted by Crippen LogP contribution is 2.17. The van der Waals surface area contributed by atoms with Crippen molar-refractivity contribution in [3.63, 3.8) is 0 Å². The fourth-order valence-electron chi connectivity index (χ4n) is 1.66. The lowest BCUT2D eigenvalue weighted by Gasteiger charge is -2.30. The van der Waals surface area contributed by atoms with Crippen molar-refractivity contribution in [1.82, 2.24) is 4.90 Å². The number of nitrogens with zero attached hydrogens (tertiary/aromatic N) is 1. The zero-order valence-electron chi connectivity index (χ0n) is 8.11. The second kappa shape index (κ2) is 4.79. The van der Waals surface area contributed by atoms with Crippen LogP contribution in [0.3, 0.4) is 0 Å². The number of aliphatic carboxylic acids is 1. The van der Waals surface area contributed by atoms with Crippen molar-refractivity contribution < 1.29 is 14.7 Å². The Morgan fingerprint density at radius 3 is 2.86 bits per heavy atom. The van der Waals surface area contributed by atoms with Crippen molar-refractivity contribution in [1.29, 1.82) is 0 Å². The van der Waals surface area contributed by atoms with Crippen LogP contribution in [-0.4, -0.2) is 35.0 Å². The number of carbonyl (C=O) groups excluding carboxylic acids is 1. The van der Waals surface area contributed by atoms with Gasteiger partial charge in [-0.15, -0.1) is 6.58 Å². The Hall–Kier alpha value is -1.32. The number of rotatable bonds is 3. The van der Waals surface area contributed by atoms with Crippen molar-refractivity contribution in [2.45, 2.75) is 19.3 Å². The van der Waals surface area contributed by atoms with Crippen LogP contribution in [0.15, 0.2) is 12.7 Å². The predicted octanol–water partition coefficient (Wildman–Crippen LogP) is 0.886. The van der Waals surface area contributed by atoms with E-state index in [2.05, 4.69) is 6.58 Å². The standard InChI is InChI=1S/C10H15NO3/c1-2-4-9(12)11-6-3-5-8(7-11)10(13)14/h2,8H,1,3-7H2,(H,13,14). The van der Waals surface area contributed by atoms with Gasteiger partial charge in [-0.3, -0.25) is 9.59 Å². The maximum absolute atomic E-state index is 11.4. The van der Waals surface area contributed by atoms with Crippen molar-refractivity contribution in [2.75, 3.05) is 13.1 Å². The maximum Gasteiger partial charge on any atom is 0.308 e. The van der Waals surface area contributed by atoms with Crippen molar-refractivity contribution >= 4 is 11.9 Å². The van der Waals surface area contributed by atoms with Gasteiger partial charge in [-0.25, -0.2) is 0 Å². The van der Waals surface area contributed by atoms with Crippen molar-refractivity contribution in [3.8, 4) is 0 Å². The number of carbonyl (C=O) groups is 2. The number of likely N-dealkylation sites (tertiary alicyclic amines) is 1. The fraction of sp³-hybridized carbons (Fsp3) is 0.600. The van der Waals surface area contributed by atoms with E-state index in [1.807, 2.05) is 0 Å². The average molecular weight is 197 g/mol. The van der Waals surface area contributed by atoms with E-state index in [1.165, 1.54) is 0 Å². The highest BCUT2D eigenvalue weighted by Gasteiger charge is 2.27. The largest absolute Gasteiger partial charge is 0.481 e. The van der Waals surface area contributed by atoms with Crippen LogP contribution in [0.2, 0.25) is 0 Å². The Labute approximate surface area is 83.2 Å². The first kappa shape index (κ1) is 10.8. The molecule has 1 atom stereocenters. The van der Waals surface area contributed by atoms with Crippen LogP contribution in [-0.2, 0) is 9.59 Å². The second-order valence-electron chi connectivity index (χ2n) is 3.51. The van der Waals surface area contributed by atoms with Gasteiger partial charge in [0.1, 0.15) is 0 Å². The molecule has 0 bridgehead atoms. The van der Waals surface area contributed by atoms with E-state index in [9.17, 15) is 9.59 Å². The molecule has 0 spiro atoms. The minimum absolute atomic E-state index is 0.0223. The van der Waals surface area contributed by atoms with Gasteiger partial charge in [0.15, 0.2) is 0 Å². The Morgan fingerprint density at radius 1 is 1.57 bits per heavy atom. The van der Waals surface area contributed by atoms with Gasteiger partial charge in [0.25, 0.3) is 0 Å². The van der Waals surface area contributed by atoms with E-state index in [1.54, 1.807) is 11.0 Å². The molecule has 0 radical (unpaired) electrons. The lowest BCUT2D eigenvalue weighted by Crippen LogP contribution is -2.42. The molecule has 4 nitrogen and oxygen atoms in total. The van der Waals surface area contributed by atoms with Gasteiger partial charge in [0.05, 0.1) is 5.92 Å². The molecular formula is C10H15NO3. The molecule has 1 rings (SSSR count). The molecule has 1 aliphatic heterocycles. The summed E-state index contributed by atoms with van der Waals surface area (Å²) in [5, 5.41) is 8.81. The maximum atomic E-state index is 11.4. The molecule has 78 valence electrons. The average Bonchev–Trinajstić information content (AvgIpc) is 2.18. The number of amides is 1. The molecule has 14 heavy (non-hydrogen) atoms. The molecule has 0 aliphatic carbocycles. The fourth-order valence-corrected chi connectivity index (χ4v) is 1.66. The van der Waals surface area contributed by atoms with E-state index in [-0.39, 0.29) is 5.91 Å². The summed E-state index contributed by atoms with van der Waals surface area (Å²) in [5.74, 6) is -1.22. The first-order chi connectivity index (χ1) is 6.65. The summed E-state index contributed by atoms with van der Waals surface area (Å²) in [5.41, 5.74) is 0. The van der Waals surface area contributed by atoms with Crippen LogP contribution < -0.4 is 0 Å². The number of hydrogen-bond acceptors (Lipinski definition) is 2. The topological polar surface area (TPSA) is 57.6 Å². The van der Waals surface area contributed by atoms with Gasteiger partial charge in [-0.1, -0.05) is 6.08 Å².